The zero-order valence-corrected chi connectivity index (χ0v) is 12.0. The van der Waals surface area contributed by atoms with Crippen LogP contribution in [0.1, 0.15) is 44.1 Å². The highest BCUT2D eigenvalue weighted by Crippen LogP contribution is 2.15. The van der Waals surface area contributed by atoms with E-state index in [1.807, 2.05) is 0 Å². The van der Waals surface area contributed by atoms with Gasteiger partial charge in [0, 0.05) is 18.4 Å². The number of hydrogen-bond donors (Lipinski definition) is 2. The molecule has 1 aliphatic carbocycles. The molecule has 2 aliphatic rings. The molecule has 1 aliphatic heterocycles. The maximum Gasteiger partial charge on any atom is 0.103 e. The average Bonchev–Trinajstić information content (AvgIpc) is 2.95. The van der Waals surface area contributed by atoms with Crippen LogP contribution < -0.4 is 10.2 Å². The van der Waals surface area contributed by atoms with Crippen LogP contribution in [-0.4, -0.2) is 25.2 Å². The number of rotatable bonds is 4. The molecule has 0 unspecified atom stereocenters. The zero-order valence-electron chi connectivity index (χ0n) is 12.0. The van der Waals surface area contributed by atoms with E-state index in [9.17, 15) is 0 Å². The minimum atomic E-state index is 0.919. The van der Waals surface area contributed by atoms with Crippen LogP contribution in [-0.2, 0) is 6.54 Å². The second-order valence-corrected chi connectivity index (χ2v) is 6.49. The van der Waals surface area contributed by atoms with Crippen molar-refractivity contribution < 1.29 is 10.2 Å². The van der Waals surface area contributed by atoms with E-state index < -0.39 is 0 Å². The first-order valence-electron chi connectivity index (χ1n) is 8.12. The van der Waals surface area contributed by atoms with Gasteiger partial charge >= 0.3 is 0 Å². The first-order chi connectivity index (χ1) is 9.40. The fourth-order valence-corrected chi connectivity index (χ4v) is 3.84. The van der Waals surface area contributed by atoms with Gasteiger partial charge in [-0.2, -0.15) is 0 Å². The summed E-state index contributed by atoms with van der Waals surface area (Å²) in [5.41, 5.74) is 1.50. The number of hydrogen-bond acceptors (Lipinski definition) is 0. The van der Waals surface area contributed by atoms with Crippen molar-refractivity contribution in [2.45, 2.75) is 57.2 Å². The monoisotopic (exact) mass is 260 g/mol. The SMILES string of the molecule is c1ccc(C[NH+]2CCC([NH2+]C3CCCC3)CC2)cc1. The highest BCUT2D eigenvalue weighted by atomic mass is 15.1. The summed E-state index contributed by atoms with van der Waals surface area (Å²) in [7, 11) is 0. The average molecular weight is 260 g/mol. The summed E-state index contributed by atoms with van der Waals surface area (Å²) in [6.07, 6.45) is 8.71. The van der Waals surface area contributed by atoms with E-state index in [2.05, 4.69) is 35.6 Å². The second-order valence-electron chi connectivity index (χ2n) is 6.49. The number of piperidine rings is 1. The van der Waals surface area contributed by atoms with Crippen LogP contribution in [0.3, 0.4) is 0 Å². The highest BCUT2D eigenvalue weighted by Gasteiger charge is 2.28. The molecule has 2 heteroatoms. The van der Waals surface area contributed by atoms with Crippen molar-refractivity contribution in [1.82, 2.24) is 0 Å². The minimum absolute atomic E-state index is 0.919. The maximum absolute atomic E-state index is 2.71. The second kappa shape index (κ2) is 6.53. The van der Waals surface area contributed by atoms with Crippen molar-refractivity contribution in [1.29, 1.82) is 0 Å². The van der Waals surface area contributed by atoms with Crippen molar-refractivity contribution in [3.05, 3.63) is 35.9 Å². The number of nitrogens with two attached hydrogens (primary N) is 1. The number of likely N-dealkylation sites (tertiary alicyclic amines) is 1. The molecule has 0 radical (unpaired) electrons. The predicted octanol–water partition coefficient (Wildman–Crippen LogP) is 0.740. The van der Waals surface area contributed by atoms with Crippen LogP contribution >= 0.6 is 0 Å². The van der Waals surface area contributed by atoms with E-state index >= 15 is 0 Å². The van der Waals surface area contributed by atoms with Gasteiger partial charge in [0.25, 0.3) is 0 Å². The Balaban J connectivity index is 1.41. The summed E-state index contributed by atoms with van der Waals surface area (Å²) >= 11 is 0. The van der Waals surface area contributed by atoms with E-state index in [0.717, 1.165) is 12.1 Å². The van der Waals surface area contributed by atoms with Crippen LogP contribution in [0.15, 0.2) is 30.3 Å². The molecule has 0 amide bonds. The molecule has 2 nitrogen and oxygen atoms in total. The zero-order chi connectivity index (χ0) is 12.9. The molecule has 104 valence electrons. The van der Waals surface area contributed by atoms with Crippen molar-refractivity contribution in [2.75, 3.05) is 13.1 Å². The number of nitrogens with one attached hydrogen (secondary N) is 1. The van der Waals surface area contributed by atoms with E-state index in [1.165, 1.54) is 63.7 Å². The first kappa shape index (κ1) is 13.1. The smallest absolute Gasteiger partial charge is 0.103 e. The molecule has 1 saturated carbocycles. The molecule has 0 atom stereocenters. The fraction of sp³-hybridized carbons (Fsp3) is 0.647. The predicted molar refractivity (Wildman–Crippen MR) is 78.0 cm³/mol. The van der Waals surface area contributed by atoms with Crippen LogP contribution in [0, 0.1) is 0 Å². The molecule has 1 aromatic carbocycles. The van der Waals surface area contributed by atoms with Gasteiger partial charge in [0.1, 0.15) is 6.54 Å². The van der Waals surface area contributed by atoms with Gasteiger partial charge in [0.15, 0.2) is 0 Å². The summed E-state index contributed by atoms with van der Waals surface area (Å²) in [5.74, 6) is 0. The Morgan fingerprint density at radius 3 is 2.21 bits per heavy atom. The summed E-state index contributed by atoms with van der Waals surface area (Å²) in [6, 6.07) is 12.9. The Bertz CT molecular complexity index is 362. The Hall–Kier alpha value is -0.860. The summed E-state index contributed by atoms with van der Waals surface area (Å²) in [4.78, 5) is 1.78. The van der Waals surface area contributed by atoms with E-state index in [-0.39, 0.29) is 0 Å². The van der Waals surface area contributed by atoms with Crippen LogP contribution in [0.25, 0.3) is 0 Å². The Labute approximate surface area is 117 Å². The van der Waals surface area contributed by atoms with Crippen molar-refractivity contribution in [3.8, 4) is 0 Å². The molecular weight excluding hydrogens is 232 g/mol. The molecule has 3 rings (SSSR count). The highest BCUT2D eigenvalue weighted by molar-refractivity contribution is 5.13. The van der Waals surface area contributed by atoms with Gasteiger partial charge < -0.3 is 10.2 Å². The van der Waals surface area contributed by atoms with Gasteiger partial charge in [-0.3, -0.25) is 0 Å². The third kappa shape index (κ3) is 3.80. The third-order valence-electron chi connectivity index (χ3n) is 4.98. The fourth-order valence-electron chi connectivity index (χ4n) is 3.84. The van der Waals surface area contributed by atoms with E-state index in [0.29, 0.717) is 0 Å². The molecule has 0 aromatic heterocycles. The number of quaternary nitrogens is 2. The topological polar surface area (TPSA) is 21.1 Å². The first-order valence-corrected chi connectivity index (χ1v) is 8.12. The summed E-state index contributed by atoms with van der Waals surface area (Å²) in [5, 5.41) is 2.71. The van der Waals surface area contributed by atoms with E-state index in [4.69, 9.17) is 0 Å². The molecular formula is C17H28N2+2. The lowest BCUT2D eigenvalue weighted by molar-refractivity contribution is -0.927. The lowest BCUT2D eigenvalue weighted by Crippen LogP contribution is -3.14. The molecule has 0 bridgehead atoms. The Morgan fingerprint density at radius 1 is 0.895 bits per heavy atom. The van der Waals surface area contributed by atoms with Crippen LogP contribution in [0.5, 0.6) is 0 Å². The molecule has 1 aromatic rings. The Kier molecular flexibility index (Phi) is 4.52. The van der Waals surface area contributed by atoms with Gasteiger partial charge in [-0.1, -0.05) is 30.3 Å². The van der Waals surface area contributed by atoms with Crippen LogP contribution in [0.4, 0.5) is 0 Å². The van der Waals surface area contributed by atoms with Gasteiger partial charge in [-0.15, -0.1) is 0 Å². The summed E-state index contributed by atoms with van der Waals surface area (Å²) in [6.45, 7) is 3.95. The molecule has 19 heavy (non-hydrogen) atoms. The lowest BCUT2D eigenvalue weighted by atomic mass is 10.0. The lowest BCUT2D eigenvalue weighted by Gasteiger charge is -2.29. The van der Waals surface area contributed by atoms with Crippen molar-refractivity contribution in [2.24, 2.45) is 0 Å². The van der Waals surface area contributed by atoms with Gasteiger partial charge in [-0.25, -0.2) is 0 Å². The van der Waals surface area contributed by atoms with Gasteiger partial charge in [0.05, 0.1) is 25.2 Å². The van der Waals surface area contributed by atoms with E-state index in [1.54, 1.807) is 4.90 Å². The van der Waals surface area contributed by atoms with Crippen molar-refractivity contribution >= 4 is 0 Å². The minimum Gasteiger partial charge on any atom is -0.341 e. The Morgan fingerprint density at radius 2 is 1.53 bits per heavy atom. The quantitative estimate of drug-likeness (QED) is 0.797. The molecule has 0 spiro atoms. The number of benzene rings is 1. The normalized spacial score (nSPS) is 28.6. The van der Waals surface area contributed by atoms with Crippen LogP contribution in [0.2, 0.25) is 0 Å². The maximum atomic E-state index is 2.71. The molecule has 3 N–H and O–H groups in total. The summed E-state index contributed by atoms with van der Waals surface area (Å²) < 4.78 is 0. The third-order valence-corrected chi connectivity index (χ3v) is 4.98. The molecule has 1 saturated heterocycles. The van der Waals surface area contributed by atoms with Gasteiger partial charge in [0.2, 0.25) is 0 Å². The van der Waals surface area contributed by atoms with Crippen molar-refractivity contribution in [3.63, 3.8) is 0 Å². The van der Waals surface area contributed by atoms with Gasteiger partial charge in [-0.05, 0) is 25.7 Å². The largest absolute Gasteiger partial charge is 0.341 e. The molecule has 2 fully saturated rings. The molecule has 1 heterocycles. The standard InChI is InChI=1S/C17H26N2/c1-2-6-15(7-3-1)14-19-12-10-17(11-13-19)18-16-8-4-5-9-16/h1-3,6-7,16-18H,4-5,8-14H2/p+2.